The molecule has 2 N–H and O–H groups in total. The van der Waals surface area contributed by atoms with Gasteiger partial charge in [0.15, 0.2) is 6.29 Å². The first-order valence-corrected chi connectivity index (χ1v) is 4.95. The van der Waals surface area contributed by atoms with E-state index in [1.165, 1.54) is 12.1 Å². The van der Waals surface area contributed by atoms with Crippen LogP contribution in [0.1, 0.15) is 10.4 Å². The molecule has 0 aliphatic heterocycles. The molecule has 6 heteroatoms. The Morgan fingerprint density at radius 1 is 1.23 bits per heavy atom. The van der Waals surface area contributed by atoms with Crippen molar-refractivity contribution < 1.29 is 14.8 Å². The van der Waals surface area contributed by atoms with E-state index < -0.39 is 7.12 Å². The lowest BCUT2D eigenvalue weighted by atomic mass is 9.80. The Morgan fingerprint density at radius 2 is 1.85 bits per heavy atom. The first-order valence-electron chi connectivity index (χ1n) is 3.36. The second-order valence-electron chi connectivity index (χ2n) is 2.39. The highest BCUT2D eigenvalue weighted by Gasteiger charge is 2.16. The molecular formula is C7H5BBr2O3. The highest BCUT2D eigenvalue weighted by atomic mass is 79.9. The number of hydrogen-bond acceptors (Lipinski definition) is 3. The predicted molar refractivity (Wildman–Crippen MR) is 57.1 cm³/mol. The molecule has 68 valence electrons. The Labute approximate surface area is 92.2 Å². The third-order valence-electron chi connectivity index (χ3n) is 1.52. The van der Waals surface area contributed by atoms with E-state index in [1.54, 1.807) is 0 Å². The minimum atomic E-state index is -1.55. The third-order valence-corrected chi connectivity index (χ3v) is 2.89. The van der Waals surface area contributed by atoms with Gasteiger partial charge in [0.25, 0.3) is 0 Å². The van der Waals surface area contributed by atoms with Gasteiger partial charge in [-0.1, -0.05) is 31.9 Å². The molecule has 3 nitrogen and oxygen atoms in total. The number of carbonyl (C=O) groups is 1. The van der Waals surface area contributed by atoms with Gasteiger partial charge in [0.2, 0.25) is 0 Å². The summed E-state index contributed by atoms with van der Waals surface area (Å²) < 4.78 is 1.03. The van der Waals surface area contributed by atoms with Crippen molar-refractivity contribution in [2.24, 2.45) is 0 Å². The Hall–Kier alpha value is -0.165. The average molecular weight is 308 g/mol. The monoisotopic (exact) mass is 306 g/mol. The molecule has 0 fully saturated rings. The molecule has 0 heterocycles. The fourth-order valence-electron chi connectivity index (χ4n) is 0.866. The summed E-state index contributed by atoms with van der Waals surface area (Å²) >= 11 is 6.26. The lowest BCUT2D eigenvalue weighted by Crippen LogP contribution is -2.31. The van der Waals surface area contributed by atoms with E-state index in [9.17, 15) is 4.79 Å². The van der Waals surface area contributed by atoms with E-state index in [-0.39, 0.29) is 0 Å². The molecule has 13 heavy (non-hydrogen) atoms. The van der Waals surface area contributed by atoms with E-state index in [0.29, 0.717) is 26.3 Å². The largest absolute Gasteiger partial charge is 0.489 e. The highest BCUT2D eigenvalue weighted by molar-refractivity contribution is 9.11. The zero-order valence-electron chi connectivity index (χ0n) is 6.37. The van der Waals surface area contributed by atoms with Gasteiger partial charge in [0.05, 0.1) is 0 Å². The quantitative estimate of drug-likeness (QED) is 0.625. The minimum Gasteiger partial charge on any atom is -0.423 e. The van der Waals surface area contributed by atoms with Crippen LogP contribution in [0.15, 0.2) is 21.1 Å². The lowest BCUT2D eigenvalue weighted by molar-refractivity contribution is 0.112. The lowest BCUT2D eigenvalue weighted by Gasteiger charge is -2.05. The van der Waals surface area contributed by atoms with Crippen molar-refractivity contribution in [2.75, 3.05) is 0 Å². The molecule has 0 unspecified atom stereocenters. The molecule has 0 saturated carbocycles. The average Bonchev–Trinajstić information content (AvgIpc) is 2.07. The molecule has 0 amide bonds. The Balaban J connectivity index is 3.28. The summed E-state index contributed by atoms with van der Waals surface area (Å²) in [6.45, 7) is 0. The second-order valence-corrected chi connectivity index (χ2v) is 4.10. The summed E-state index contributed by atoms with van der Waals surface area (Å²) in [4.78, 5) is 10.5. The van der Waals surface area contributed by atoms with Gasteiger partial charge in [-0.3, -0.25) is 4.79 Å². The van der Waals surface area contributed by atoms with Crippen LogP contribution in [-0.4, -0.2) is 23.5 Å². The van der Waals surface area contributed by atoms with E-state index >= 15 is 0 Å². The number of carbonyl (C=O) groups excluding carboxylic acids is 1. The summed E-state index contributed by atoms with van der Waals surface area (Å²) in [6.07, 6.45) is 0.683. The van der Waals surface area contributed by atoms with Crippen LogP contribution >= 0.6 is 31.9 Å². The number of aldehydes is 1. The van der Waals surface area contributed by atoms with Crippen molar-refractivity contribution in [2.45, 2.75) is 0 Å². The fraction of sp³-hybridized carbons (Fsp3) is 0. The molecule has 0 saturated heterocycles. The summed E-state index contributed by atoms with van der Waals surface area (Å²) in [6, 6.07) is 3.00. The van der Waals surface area contributed by atoms with E-state index in [1.807, 2.05) is 0 Å². The summed E-state index contributed by atoms with van der Waals surface area (Å²) in [5.41, 5.74) is 0.772. The Bertz CT molecular complexity index is 341. The summed E-state index contributed by atoms with van der Waals surface area (Å²) in [7, 11) is -1.55. The van der Waals surface area contributed by atoms with E-state index in [4.69, 9.17) is 10.0 Å². The first kappa shape index (κ1) is 10.9. The van der Waals surface area contributed by atoms with Crippen molar-refractivity contribution in [1.29, 1.82) is 0 Å². The first-order chi connectivity index (χ1) is 6.06. The van der Waals surface area contributed by atoms with Gasteiger partial charge in [-0.05, 0) is 17.6 Å². The van der Waals surface area contributed by atoms with E-state index in [0.717, 1.165) is 0 Å². The maximum absolute atomic E-state index is 10.5. The summed E-state index contributed by atoms with van der Waals surface area (Å²) in [5, 5.41) is 17.8. The topological polar surface area (TPSA) is 57.5 Å². The van der Waals surface area contributed by atoms with Crippen LogP contribution in [0.3, 0.4) is 0 Å². The van der Waals surface area contributed by atoms with Gasteiger partial charge < -0.3 is 10.0 Å². The molecule has 0 radical (unpaired) electrons. The van der Waals surface area contributed by atoms with Gasteiger partial charge in [-0.25, -0.2) is 0 Å². The van der Waals surface area contributed by atoms with E-state index in [2.05, 4.69) is 31.9 Å². The molecule has 0 aliphatic rings. The fourth-order valence-corrected chi connectivity index (χ4v) is 1.89. The maximum atomic E-state index is 10.5. The second kappa shape index (κ2) is 4.37. The minimum absolute atomic E-state index is 0.317. The number of hydrogen-bond donors (Lipinski definition) is 2. The van der Waals surface area contributed by atoms with Crippen LogP contribution in [-0.2, 0) is 0 Å². The molecular weight excluding hydrogens is 303 g/mol. The van der Waals surface area contributed by atoms with Gasteiger partial charge in [0, 0.05) is 14.5 Å². The SMILES string of the molecule is O=Cc1cc(Br)c(B(O)O)cc1Br. The van der Waals surface area contributed by atoms with Crippen molar-refractivity contribution in [1.82, 2.24) is 0 Å². The Kier molecular flexibility index (Phi) is 3.67. The molecule has 0 atom stereocenters. The molecule has 0 spiro atoms. The molecule has 0 aliphatic carbocycles. The number of benzene rings is 1. The normalized spacial score (nSPS) is 9.85. The zero-order valence-corrected chi connectivity index (χ0v) is 9.54. The van der Waals surface area contributed by atoms with Crippen LogP contribution in [0.25, 0.3) is 0 Å². The standard InChI is InChI=1S/C7H5BBr2O3/c9-6-2-5(8(12)13)7(10)1-4(6)3-11/h1-3,12-13H. The van der Waals surface area contributed by atoms with Crippen molar-refractivity contribution >= 4 is 50.7 Å². The zero-order chi connectivity index (χ0) is 10.0. The van der Waals surface area contributed by atoms with Crippen molar-refractivity contribution in [3.63, 3.8) is 0 Å². The molecule has 0 aromatic heterocycles. The van der Waals surface area contributed by atoms with Crippen LogP contribution < -0.4 is 5.46 Å². The van der Waals surface area contributed by atoms with Gasteiger partial charge in [-0.2, -0.15) is 0 Å². The number of rotatable bonds is 2. The van der Waals surface area contributed by atoms with Crippen LogP contribution in [0.5, 0.6) is 0 Å². The molecule has 1 rings (SSSR count). The molecule has 0 bridgehead atoms. The number of halogens is 2. The van der Waals surface area contributed by atoms with Crippen LogP contribution in [0.2, 0.25) is 0 Å². The van der Waals surface area contributed by atoms with Gasteiger partial charge in [0.1, 0.15) is 0 Å². The smallest absolute Gasteiger partial charge is 0.423 e. The third kappa shape index (κ3) is 2.40. The molecule has 1 aromatic carbocycles. The summed E-state index contributed by atoms with van der Waals surface area (Å²) in [5.74, 6) is 0. The van der Waals surface area contributed by atoms with Crippen molar-refractivity contribution in [3.8, 4) is 0 Å². The van der Waals surface area contributed by atoms with Gasteiger partial charge >= 0.3 is 7.12 Å². The van der Waals surface area contributed by atoms with Crippen LogP contribution in [0.4, 0.5) is 0 Å². The van der Waals surface area contributed by atoms with Gasteiger partial charge in [-0.15, -0.1) is 0 Å². The molecule has 1 aromatic rings. The van der Waals surface area contributed by atoms with Crippen LogP contribution in [0, 0.1) is 0 Å². The van der Waals surface area contributed by atoms with Crippen molar-refractivity contribution in [3.05, 3.63) is 26.6 Å². The highest BCUT2D eigenvalue weighted by Crippen LogP contribution is 2.18. The predicted octanol–water partition coefficient (Wildman–Crippen LogP) is 0.704. The Morgan fingerprint density at radius 3 is 2.31 bits per heavy atom. The maximum Gasteiger partial charge on any atom is 0.489 e.